The van der Waals surface area contributed by atoms with Gasteiger partial charge in [-0.15, -0.1) is 0 Å². The first-order valence-electron chi connectivity index (χ1n) is 4.12. The van der Waals surface area contributed by atoms with Crippen molar-refractivity contribution in [2.45, 2.75) is 0 Å². The molecule has 0 unspecified atom stereocenters. The van der Waals surface area contributed by atoms with Crippen LogP contribution in [0.15, 0.2) is 23.8 Å². The van der Waals surface area contributed by atoms with Gasteiger partial charge in [0, 0.05) is 11.6 Å². The first-order chi connectivity index (χ1) is 7.65. The van der Waals surface area contributed by atoms with Crippen molar-refractivity contribution >= 4 is 28.9 Å². The number of carboxylic acid groups (broad SMARTS) is 1. The number of ether oxygens (including phenoxy) is 1. The van der Waals surface area contributed by atoms with Gasteiger partial charge in [0.25, 0.3) is 5.19 Å². The third-order valence-electron chi connectivity index (χ3n) is 1.62. The Morgan fingerprint density at radius 1 is 1.50 bits per heavy atom. The van der Waals surface area contributed by atoms with Crippen LogP contribution in [0.1, 0.15) is 10.4 Å². The van der Waals surface area contributed by atoms with Crippen LogP contribution in [0.2, 0.25) is 5.15 Å². The van der Waals surface area contributed by atoms with Crippen LogP contribution in [0.3, 0.4) is 0 Å². The van der Waals surface area contributed by atoms with Crippen molar-refractivity contribution in [2.75, 3.05) is 0 Å². The molecule has 2 rings (SSSR count). The maximum atomic E-state index is 10.7. The van der Waals surface area contributed by atoms with E-state index in [-0.39, 0.29) is 5.56 Å². The second-order valence-corrected chi connectivity index (χ2v) is 3.96. The molecule has 0 atom stereocenters. The normalized spacial score (nSPS) is 10.1. The molecule has 0 aliphatic heterocycles. The molecule has 0 aliphatic carbocycles. The summed E-state index contributed by atoms with van der Waals surface area (Å²) in [5, 5.41) is 11.0. The van der Waals surface area contributed by atoms with Crippen molar-refractivity contribution in [1.82, 2.24) is 9.97 Å². The van der Waals surface area contributed by atoms with Crippen molar-refractivity contribution in [1.29, 1.82) is 0 Å². The van der Waals surface area contributed by atoms with Crippen LogP contribution >= 0.6 is 22.9 Å². The summed E-state index contributed by atoms with van der Waals surface area (Å²) in [6.45, 7) is 0. The maximum Gasteiger partial charge on any atom is 0.337 e. The van der Waals surface area contributed by atoms with Crippen LogP contribution in [0.25, 0.3) is 0 Å². The standard InChI is InChI=1S/C9H5ClN2O3S/c10-7-4-16-9(12-7)15-6-1-5(8(13)14)2-11-3-6/h1-4H,(H,13,14). The van der Waals surface area contributed by atoms with Crippen molar-refractivity contribution in [3.8, 4) is 10.9 Å². The average molecular weight is 257 g/mol. The highest BCUT2D eigenvalue weighted by atomic mass is 35.5. The minimum atomic E-state index is -1.06. The molecule has 82 valence electrons. The van der Waals surface area contributed by atoms with Crippen LogP contribution < -0.4 is 4.74 Å². The van der Waals surface area contributed by atoms with Gasteiger partial charge in [0.1, 0.15) is 10.9 Å². The third kappa shape index (κ3) is 2.47. The molecule has 0 fully saturated rings. The lowest BCUT2D eigenvalue weighted by molar-refractivity contribution is 0.0696. The van der Waals surface area contributed by atoms with Crippen molar-refractivity contribution in [3.05, 3.63) is 34.6 Å². The molecule has 0 bridgehead atoms. The zero-order valence-corrected chi connectivity index (χ0v) is 9.33. The van der Waals surface area contributed by atoms with Gasteiger partial charge >= 0.3 is 5.97 Å². The Labute approximate surface area is 99.3 Å². The van der Waals surface area contributed by atoms with Gasteiger partial charge in [-0.05, 0) is 6.07 Å². The Bertz CT molecular complexity index is 529. The summed E-state index contributed by atoms with van der Waals surface area (Å²) in [6.07, 6.45) is 2.64. The number of thiazole rings is 1. The van der Waals surface area contributed by atoms with E-state index in [1.807, 2.05) is 0 Å². The number of aromatic carboxylic acids is 1. The SMILES string of the molecule is O=C(O)c1cncc(Oc2nc(Cl)cs2)c1. The number of hydrogen-bond donors (Lipinski definition) is 1. The number of carboxylic acids is 1. The van der Waals surface area contributed by atoms with Crippen LogP contribution in [-0.2, 0) is 0 Å². The van der Waals surface area contributed by atoms with Crippen LogP contribution in [0.4, 0.5) is 0 Å². The molecule has 0 aromatic carbocycles. The lowest BCUT2D eigenvalue weighted by atomic mass is 10.3. The molecule has 0 saturated heterocycles. The molecule has 0 spiro atoms. The molecule has 5 nitrogen and oxygen atoms in total. The molecular weight excluding hydrogens is 252 g/mol. The first kappa shape index (κ1) is 10.8. The fourth-order valence-electron chi connectivity index (χ4n) is 0.978. The van der Waals surface area contributed by atoms with E-state index < -0.39 is 5.97 Å². The minimum absolute atomic E-state index is 0.0557. The van der Waals surface area contributed by atoms with Gasteiger partial charge in [0.2, 0.25) is 0 Å². The Morgan fingerprint density at radius 3 is 2.94 bits per heavy atom. The third-order valence-corrected chi connectivity index (χ3v) is 2.66. The first-order valence-corrected chi connectivity index (χ1v) is 5.38. The van der Waals surface area contributed by atoms with E-state index in [0.717, 1.165) is 0 Å². The number of aromatic nitrogens is 2. The number of nitrogens with zero attached hydrogens (tertiary/aromatic N) is 2. The molecule has 0 amide bonds. The Balaban J connectivity index is 2.21. The molecule has 2 aromatic heterocycles. The largest absolute Gasteiger partial charge is 0.478 e. The number of pyridine rings is 1. The van der Waals surface area contributed by atoms with Crippen LogP contribution in [-0.4, -0.2) is 21.0 Å². The lowest BCUT2D eigenvalue weighted by Crippen LogP contribution is -1.97. The predicted octanol–water partition coefficient (Wildman–Crippen LogP) is 2.68. The number of carbonyl (C=O) groups is 1. The Kier molecular flexibility index (Phi) is 3.02. The van der Waals surface area contributed by atoms with Gasteiger partial charge in [-0.25, -0.2) is 4.79 Å². The molecule has 2 aromatic rings. The number of halogens is 1. The van der Waals surface area contributed by atoms with E-state index >= 15 is 0 Å². The second-order valence-electron chi connectivity index (χ2n) is 2.75. The zero-order valence-electron chi connectivity index (χ0n) is 7.75. The van der Waals surface area contributed by atoms with Crippen molar-refractivity contribution in [2.24, 2.45) is 0 Å². The number of hydrogen-bond acceptors (Lipinski definition) is 5. The summed E-state index contributed by atoms with van der Waals surface area (Å²) in [7, 11) is 0. The Hall–Kier alpha value is -1.66. The number of rotatable bonds is 3. The molecular formula is C9H5ClN2O3S. The molecule has 0 radical (unpaired) electrons. The summed E-state index contributed by atoms with van der Waals surface area (Å²) in [6, 6.07) is 1.37. The highest BCUT2D eigenvalue weighted by Crippen LogP contribution is 2.26. The molecule has 1 N–H and O–H groups in total. The summed E-state index contributed by atoms with van der Waals surface area (Å²) < 4.78 is 5.29. The van der Waals surface area contributed by atoms with Crippen LogP contribution in [0.5, 0.6) is 10.9 Å². The summed E-state index contributed by atoms with van der Waals surface area (Å²) in [4.78, 5) is 18.3. The van der Waals surface area contributed by atoms with Gasteiger partial charge in [-0.3, -0.25) is 4.98 Å². The predicted molar refractivity (Wildman–Crippen MR) is 58.4 cm³/mol. The summed E-state index contributed by atoms with van der Waals surface area (Å²) in [5.74, 6) is -0.749. The summed E-state index contributed by atoms with van der Waals surface area (Å²) >= 11 is 6.84. The molecule has 0 aliphatic rings. The minimum Gasteiger partial charge on any atom is -0.478 e. The zero-order chi connectivity index (χ0) is 11.5. The van der Waals surface area contributed by atoms with E-state index in [4.69, 9.17) is 21.4 Å². The van der Waals surface area contributed by atoms with Gasteiger partial charge in [-0.1, -0.05) is 22.9 Å². The fourth-order valence-corrected chi connectivity index (χ4v) is 1.78. The fraction of sp³-hybridized carbons (Fsp3) is 0. The second kappa shape index (κ2) is 4.46. The van der Waals surface area contributed by atoms with E-state index in [9.17, 15) is 4.79 Å². The smallest absolute Gasteiger partial charge is 0.337 e. The van der Waals surface area contributed by atoms with E-state index in [2.05, 4.69) is 9.97 Å². The van der Waals surface area contributed by atoms with Gasteiger partial charge in [0.15, 0.2) is 0 Å². The van der Waals surface area contributed by atoms with E-state index in [1.165, 1.54) is 29.8 Å². The van der Waals surface area contributed by atoms with Gasteiger partial charge in [-0.2, -0.15) is 4.98 Å². The maximum absolute atomic E-state index is 10.7. The quantitative estimate of drug-likeness (QED) is 0.914. The van der Waals surface area contributed by atoms with Crippen molar-refractivity contribution < 1.29 is 14.6 Å². The topological polar surface area (TPSA) is 72.3 Å². The molecule has 2 heterocycles. The van der Waals surface area contributed by atoms with Crippen LogP contribution in [0, 0.1) is 0 Å². The van der Waals surface area contributed by atoms with Crippen molar-refractivity contribution in [3.63, 3.8) is 0 Å². The molecule has 16 heavy (non-hydrogen) atoms. The molecule has 7 heteroatoms. The summed E-state index contributed by atoms with van der Waals surface area (Å²) in [5.41, 5.74) is 0.0557. The van der Waals surface area contributed by atoms with Gasteiger partial charge < -0.3 is 9.84 Å². The monoisotopic (exact) mass is 256 g/mol. The Morgan fingerprint density at radius 2 is 2.31 bits per heavy atom. The lowest BCUT2D eigenvalue weighted by Gasteiger charge is -2.01. The van der Waals surface area contributed by atoms with E-state index in [0.29, 0.717) is 16.1 Å². The average Bonchev–Trinajstić information content (AvgIpc) is 2.64. The van der Waals surface area contributed by atoms with E-state index in [1.54, 1.807) is 5.38 Å². The highest BCUT2D eigenvalue weighted by Gasteiger charge is 2.07. The van der Waals surface area contributed by atoms with Gasteiger partial charge in [0.05, 0.1) is 11.8 Å². The molecule has 0 saturated carbocycles. The highest BCUT2D eigenvalue weighted by molar-refractivity contribution is 7.11.